The standard InChI is InChI=1S/C25H26Cl2O5/c1-15(2)5-4-6-16(3)9-22-25(14-23(29)32-22)13-20(7-8-21(25)28)31-24(30)17-10-18(26)12-19(27)11-17/h5,7-12,20,22H,4,6,13-14H2,1-3H3/b16-9+/t20-,22-,25+/m1/s1. The molecule has 1 heterocycles. The molecule has 3 rings (SSSR count). The van der Waals surface area contributed by atoms with Gasteiger partial charge in [0.05, 0.1) is 17.4 Å². The third kappa shape index (κ3) is 5.70. The summed E-state index contributed by atoms with van der Waals surface area (Å²) in [4.78, 5) is 37.7. The predicted octanol–water partition coefficient (Wildman–Crippen LogP) is 6.04. The molecule has 1 fully saturated rings. The molecule has 0 radical (unpaired) electrons. The van der Waals surface area contributed by atoms with E-state index in [2.05, 4.69) is 6.08 Å². The van der Waals surface area contributed by atoms with Crippen LogP contribution in [0.25, 0.3) is 0 Å². The molecule has 1 aliphatic carbocycles. The number of carbonyl (C=O) groups is 3. The summed E-state index contributed by atoms with van der Waals surface area (Å²) in [6.45, 7) is 6.04. The summed E-state index contributed by atoms with van der Waals surface area (Å²) in [7, 11) is 0. The Bertz CT molecular complexity index is 999. The van der Waals surface area contributed by atoms with Gasteiger partial charge in [-0.2, -0.15) is 0 Å². The zero-order chi connectivity index (χ0) is 23.5. The minimum absolute atomic E-state index is 0.0460. The van der Waals surface area contributed by atoms with E-state index in [1.54, 1.807) is 6.08 Å². The van der Waals surface area contributed by atoms with E-state index in [1.807, 2.05) is 26.8 Å². The Morgan fingerprint density at radius 1 is 1.19 bits per heavy atom. The van der Waals surface area contributed by atoms with Gasteiger partial charge in [0.2, 0.25) is 0 Å². The molecule has 7 heteroatoms. The highest BCUT2D eigenvalue weighted by atomic mass is 35.5. The minimum Gasteiger partial charge on any atom is -0.457 e. The molecule has 1 saturated heterocycles. The number of halogens is 2. The van der Waals surface area contributed by atoms with Crippen molar-refractivity contribution in [2.75, 3.05) is 0 Å². The highest BCUT2D eigenvalue weighted by Gasteiger charge is 2.55. The molecular weight excluding hydrogens is 451 g/mol. The average Bonchev–Trinajstić information content (AvgIpc) is 2.99. The number of cyclic esters (lactones) is 1. The van der Waals surface area contributed by atoms with Gasteiger partial charge in [0.1, 0.15) is 12.2 Å². The number of benzene rings is 1. The third-order valence-corrected chi connectivity index (χ3v) is 6.10. The summed E-state index contributed by atoms with van der Waals surface area (Å²) in [5.41, 5.74) is 1.40. The molecular formula is C25H26Cl2O5. The lowest BCUT2D eigenvalue weighted by Gasteiger charge is -2.34. The van der Waals surface area contributed by atoms with E-state index >= 15 is 0 Å². The molecule has 0 aromatic heterocycles. The smallest absolute Gasteiger partial charge is 0.338 e. The number of hydrogen-bond donors (Lipinski definition) is 0. The number of ketones is 1. The van der Waals surface area contributed by atoms with Crippen molar-refractivity contribution in [1.82, 2.24) is 0 Å². The van der Waals surface area contributed by atoms with Gasteiger partial charge in [-0.25, -0.2) is 4.79 Å². The van der Waals surface area contributed by atoms with Crippen LogP contribution in [0.2, 0.25) is 10.0 Å². The maximum Gasteiger partial charge on any atom is 0.338 e. The Kier molecular flexibility index (Phi) is 7.63. The second-order valence-corrected chi connectivity index (χ2v) is 9.48. The maximum absolute atomic E-state index is 12.9. The number of esters is 2. The number of carbonyl (C=O) groups excluding carboxylic acids is 3. The second kappa shape index (κ2) is 10.1. The summed E-state index contributed by atoms with van der Waals surface area (Å²) in [5, 5.41) is 0.637. The monoisotopic (exact) mass is 476 g/mol. The van der Waals surface area contributed by atoms with E-state index in [1.165, 1.54) is 29.8 Å². The van der Waals surface area contributed by atoms with Crippen LogP contribution in [0.1, 0.15) is 56.8 Å². The Morgan fingerprint density at radius 2 is 1.88 bits per heavy atom. The third-order valence-electron chi connectivity index (χ3n) is 5.67. The summed E-state index contributed by atoms with van der Waals surface area (Å²) >= 11 is 12.0. The van der Waals surface area contributed by atoms with E-state index in [-0.39, 0.29) is 24.2 Å². The number of allylic oxidation sites excluding steroid dienone is 4. The van der Waals surface area contributed by atoms with Gasteiger partial charge in [0.15, 0.2) is 5.78 Å². The Labute approximate surface area is 198 Å². The van der Waals surface area contributed by atoms with Crippen molar-refractivity contribution in [2.24, 2.45) is 5.41 Å². The molecule has 5 nitrogen and oxygen atoms in total. The summed E-state index contributed by atoms with van der Waals surface area (Å²) < 4.78 is 11.1. The van der Waals surface area contributed by atoms with Gasteiger partial charge in [-0.1, -0.05) is 40.4 Å². The van der Waals surface area contributed by atoms with E-state index in [0.717, 1.165) is 18.4 Å². The molecule has 0 saturated carbocycles. The fourth-order valence-corrected chi connectivity index (χ4v) is 4.57. The number of rotatable bonds is 6. The molecule has 32 heavy (non-hydrogen) atoms. The van der Waals surface area contributed by atoms with Crippen LogP contribution in [0.5, 0.6) is 0 Å². The molecule has 0 bridgehead atoms. The largest absolute Gasteiger partial charge is 0.457 e. The van der Waals surface area contributed by atoms with Crippen molar-refractivity contribution < 1.29 is 23.9 Å². The lowest BCUT2D eigenvalue weighted by atomic mass is 9.69. The van der Waals surface area contributed by atoms with Crippen molar-refractivity contribution in [2.45, 2.75) is 58.7 Å². The normalized spacial score (nSPS) is 25.1. The van der Waals surface area contributed by atoms with Gasteiger partial charge in [0.25, 0.3) is 0 Å². The van der Waals surface area contributed by atoms with Gasteiger partial charge in [-0.3, -0.25) is 9.59 Å². The zero-order valence-electron chi connectivity index (χ0n) is 18.3. The first-order chi connectivity index (χ1) is 15.1. The van der Waals surface area contributed by atoms with Crippen LogP contribution in [0.15, 0.2) is 53.6 Å². The fourth-order valence-electron chi connectivity index (χ4n) is 4.04. The van der Waals surface area contributed by atoms with Crippen LogP contribution in [0.3, 0.4) is 0 Å². The quantitative estimate of drug-likeness (QED) is 0.369. The maximum atomic E-state index is 12.9. The predicted molar refractivity (Wildman–Crippen MR) is 124 cm³/mol. The highest BCUT2D eigenvalue weighted by molar-refractivity contribution is 6.35. The van der Waals surface area contributed by atoms with Crippen LogP contribution in [-0.2, 0) is 19.1 Å². The molecule has 2 aliphatic rings. The molecule has 1 aliphatic heterocycles. The molecule has 1 spiro atoms. The molecule has 170 valence electrons. The Morgan fingerprint density at radius 3 is 2.53 bits per heavy atom. The molecule has 3 atom stereocenters. The van der Waals surface area contributed by atoms with Crippen LogP contribution >= 0.6 is 23.2 Å². The van der Waals surface area contributed by atoms with Crippen molar-refractivity contribution >= 4 is 40.9 Å². The minimum atomic E-state index is -1.08. The molecule has 0 N–H and O–H groups in total. The van der Waals surface area contributed by atoms with Gasteiger partial charge in [-0.05, 0) is 70.0 Å². The summed E-state index contributed by atoms with van der Waals surface area (Å²) in [6.07, 6.45) is 7.33. The van der Waals surface area contributed by atoms with Crippen LogP contribution < -0.4 is 0 Å². The Balaban J connectivity index is 1.78. The van der Waals surface area contributed by atoms with E-state index < -0.39 is 29.6 Å². The first kappa shape index (κ1) is 24.3. The first-order valence-electron chi connectivity index (χ1n) is 10.5. The van der Waals surface area contributed by atoms with Crippen LogP contribution in [0.4, 0.5) is 0 Å². The van der Waals surface area contributed by atoms with Gasteiger partial charge >= 0.3 is 11.9 Å². The average molecular weight is 477 g/mol. The van der Waals surface area contributed by atoms with Crippen molar-refractivity contribution in [3.05, 3.63) is 69.3 Å². The Hall–Kier alpha value is -2.37. The lowest BCUT2D eigenvalue weighted by molar-refractivity contribution is -0.140. The van der Waals surface area contributed by atoms with E-state index in [9.17, 15) is 14.4 Å². The first-order valence-corrected chi connectivity index (χ1v) is 11.2. The van der Waals surface area contributed by atoms with Crippen molar-refractivity contribution in [3.8, 4) is 0 Å². The highest BCUT2D eigenvalue weighted by Crippen LogP contribution is 2.45. The van der Waals surface area contributed by atoms with E-state index in [4.69, 9.17) is 32.7 Å². The van der Waals surface area contributed by atoms with Gasteiger partial charge < -0.3 is 9.47 Å². The second-order valence-electron chi connectivity index (χ2n) is 8.61. The molecule has 0 amide bonds. The SMILES string of the molecule is CC(C)=CCC/C(C)=C/[C@H]1OC(=O)C[C@]12C[C@H](OC(=O)c1cc(Cl)cc(Cl)c1)C=CC2=O. The van der Waals surface area contributed by atoms with Gasteiger partial charge in [-0.15, -0.1) is 0 Å². The van der Waals surface area contributed by atoms with Gasteiger partial charge in [0, 0.05) is 16.5 Å². The molecule has 0 unspecified atom stereocenters. The summed E-state index contributed by atoms with van der Waals surface area (Å²) in [5.74, 6) is -1.23. The molecule has 1 aromatic rings. The van der Waals surface area contributed by atoms with Crippen molar-refractivity contribution in [1.29, 1.82) is 0 Å². The fraction of sp³-hybridized carbons (Fsp3) is 0.400. The van der Waals surface area contributed by atoms with Crippen molar-refractivity contribution in [3.63, 3.8) is 0 Å². The van der Waals surface area contributed by atoms with Crippen LogP contribution in [0, 0.1) is 5.41 Å². The number of ether oxygens (including phenoxy) is 2. The zero-order valence-corrected chi connectivity index (χ0v) is 19.8. The van der Waals surface area contributed by atoms with E-state index in [0.29, 0.717) is 10.0 Å². The lowest BCUT2D eigenvalue weighted by Crippen LogP contribution is -2.43. The molecule has 1 aromatic carbocycles. The topological polar surface area (TPSA) is 69.7 Å². The summed E-state index contributed by atoms with van der Waals surface area (Å²) in [6, 6.07) is 4.45. The number of hydrogen-bond acceptors (Lipinski definition) is 5. The van der Waals surface area contributed by atoms with Crippen LogP contribution in [-0.4, -0.2) is 29.9 Å².